The summed E-state index contributed by atoms with van der Waals surface area (Å²) in [7, 11) is 7.33. The highest BCUT2D eigenvalue weighted by atomic mass is 16.5. The fraction of sp³-hybridized carbons (Fsp3) is 0.455. The van der Waals surface area contributed by atoms with Crippen LogP contribution in [0.3, 0.4) is 0 Å². The average molecular weight is 196 g/mol. The van der Waals surface area contributed by atoms with Crippen LogP contribution >= 0.6 is 0 Å². The summed E-state index contributed by atoms with van der Waals surface area (Å²) in [6.07, 6.45) is 0. The Morgan fingerprint density at radius 2 is 1.71 bits per heavy atom. The predicted octanol–water partition coefficient (Wildman–Crippen LogP) is 1.88. The summed E-state index contributed by atoms with van der Waals surface area (Å²) >= 11 is 0. The van der Waals surface area contributed by atoms with Crippen LogP contribution in [0.25, 0.3) is 0 Å². The third-order valence-corrected chi connectivity index (χ3v) is 1.71. The summed E-state index contributed by atoms with van der Waals surface area (Å²) in [6.45, 7) is 2.06. The molecule has 0 bridgehead atoms. The molecule has 14 heavy (non-hydrogen) atoms. The van der Waals surface area contributed by atoms with Gasteiger partial charge in [0, 0.05) is 18.8 Å². The summed E-state index contributed by atoms with van der Waals surface area (Å²) in [5, 5.41) is 5.84. The number of benzene rings is 1. The first-order valence-corrected chi connectivity index (χ1v) is 4.60. The van der Waals surface area contributed by atoms with E-state index in [1.165, 1.54) is 5.56 Å². The van der Waals surface area contributed by atoms with Crippen molar-refractivity contribution < 1.29 is 4.74 Å². The van der Waals surface area contributed by atoms with Crippen LogP contribution in [0, 0.1) is 6.92 Å². The standard InChI is InChI=1S/C9H13NO.C2H7N/c1-7-4-5-8(11-3)6-9(7)10-2;1-3-2/h4-6,10H,1-3H3;3H,1-2H3. The molecule has 0 fully saturated rings. The Kier molecular flexibility index (Phi) is 6.58. The molecule has 0 saturated heterocycles. The molecule has 0 radical (unpaired) electrons. The van der Waals surface area contributed by atoms with Gasteiger partial charge in [0.05, 0.1) is 7.11 Å². The van der Waals surface area contributed by atoms with Crippen molar-refractivity contribution >= 4 is 5.69 Å². The molecular formula is C11H20N2O. The van der Waals surface area contributed by atoms with E-state index in [2.05, 4.69) is 17.6 Å². The van der Waals surface area contributed by atoms with E-state index in [4.69, 9.17) is 4.74 Å². The van der Waals surface area contributed by atoms with Gasteiger partial charge in [-0.15, -0.1) is 0 Å². The number of hydrogen-bond acceptors (Lipinski definition) is 3. The van der Waals surface area contributed by atoms with Crippen molar-refractivity contribution in [3.05, 3.63) is 23.8 Å². The molecule has 0 heterocycles. The minimum atomic E-state index is 0.889. The zero-order chi connectivity index (χ0) is 11.0. The van der Waals surface area contributed by atoms with Gasteiger partial charge in [-0.1, -0.05) is 6.07 Å². The van der Waals surface area contributed by atoms with Crippen molar-refractivity contribution in [2.45, 2.75) is 6.92 Å². The fourth-order valence-electron chi connectivity index (χ4n) is 0.997. The smallest absolute Gasteiger partial charge is 0.120 e. The molecule has 0 aliphatic heterocycles. The summed E-state index contributed by atoms with van der Waals surface area (Å²) in [4.78, 5) is 0. The maximum absolute atomic E-state index is 5.07. The summed E-state index contributed by atoms with van der Waals surface area (Å²) in [6, 6.07) is 5.97. The van der Waals surface area contributed by atoms with Crippen LogP contribution < -0.4 is 15.4 Å². The number of nitrogens with one attached hydrogen (secondary N) is 2. The summed E-state index contributed by atoms with van der Waals surface area (Å²) < 4.78 is 5.07. The Hall–Kier alpha value is -1.22. The molecule has 80 valence electrons. The van der Waals surface area contributed by atoms with E-state index in [-0.39, 0.29) is 0 Å². The van der Waals surface area contributed by atoms with Gasteiger partial charge < -0.3 is 15.4 Å². The van der Waals surface area contributed by atoms with Crippen LogP contribution in [0.1, 0.15) is 5.56 Å². The highest BCUT2D eigenvalue weighted by molar-refractivity contribution is 5.53. The van der Waals surface area contributed by atoms with Crippen molar-refractivity contribution in [1.29, 1.82) is 0 Å². The monoisotopic (exact) mass is 196 g/mol. The Morgan fingerprint density at radius 3 is 2.14 bits per heavy atom. The van der Waals surface area contributed by atoms with Gasteiger partial charge in [0.2, 0.25) is 0 Å². The topological polar surface area (TPSA) is 33.3 Å². The molecule has 3 nitrogen and oxygen atoms in total. The zero-order valence-electron chi connectivity index (χ0n) is 9.64. The van der Waals surface area contributed by atoms with E-state index in [1.54, 1.807) is 7.11 Å². The molecule has 0 aromatic heterocycles. The molecule has 3 heteroatoms. The lowest BCUT2D eigenvalue weighted by molar-refractivity contribution is 0.415. The highest BCUT2D eigenvalue weighted by Crippen LogP contribution is 2.20. The van der Waals surface area contributed by atoms with E-state index < -0.39 is 0 Å². The lowest BCUT2D eigenvalue weighted by atomic mass is 10.2. The SMILES string of the molecule is CNC.CNc1cc(OC)ccc1C. The summed E-state index contributed by atoms with van der Waals surface area (Å²) in [5.74, 6) is 0.889. The predicted molar refractivity (Wildman–Crippen MR) is 62.3 cm³/mol. The molecule has 0 atom stereocenters. The molecule has 1 aromatic carbocycles. The molecular weight excluding hydrogens is 176 g/mol. The number of aryl methyl sites for hydroxylation is 1. The molecule has 1 aromatic rings. The van der Waals surface area contributed by atoms with Gasteiger partial charge in [-0.05, 0) is 32.6 Å². The molecule has 0 aliphatic carbocycles. The number of hydrogen-bond donors (Lipinski definition) is 2. The molecule has 0 amide bonds. The van der Waals surface area contributed by atoms with Crippen LogP contribution in [0.4, 0.5) is 5.69 Å². The van der Waals surface area contributed by atoms with Crippen LogP contribution in [0.5, 0.6) is 5.75 Å². The first kappa shape index (κ1) is 12.8. The number of rotatable bonds is 2. The Bertz CT molecular complexity index is 261. The van der Waals surface area contributed by atoms with E-state index in [9.17, 15) is 0 Å². The minimum absolute atomic E-state index is 0.889. The first-order valence-electron chi connectivity index (χ1n) is 4.60. The van der Waals surface area contributed by atoms with E-state index >= 15 is 0 Å². The third-order valence-electron chi connectivity index (χ3n) is 1.71. The second-order valence-electron chi connectivity index (χ2n) is 2.93. The van der Waals surface area contributed by atoms with Gasteiger partial charge in [-0.25, -0.2) is 0 Å². The maximum atomic E-state index is 5.07. The quantitative estimate of drug-likeness (QED) is 0.757. The Balaban J connectivity index is 0.000000500. The summed E-state index contributed by atoms with van der Waals surface area (Å²) in [5.41, 5.74) is 2.35. The first-order chi connectivity index (χ1) is 6.69. The second-order valence-corrected chi connectivity index (χ2v) is 2.93. The fourth-order valence-corrected chi connectivity index (χ4v) is 0.997. The largest absolute Gasteiger partial charge is 0.497 e. The van der Waals surface area contributed by atoms with Crippen molar-refractivity contribution in [3.8, 4) is 5.75 Å². The lowest BCUT2D eigenvalue weighted by Gasteiger charge is -2.06. The molecule has 0 spiro atoms. The van der Waals surface area contributed by atoms with Gasteiger partial charge in [-0.2, -0.15) is 0 Å². The van der Waals surface area contributed by atoms with Gasteiger partial charge in [-0.3, -0.25) is 0 Å². The molecule has 1 rings (SSSR count). The van der Waals surface area contributed by atoms with Gasteiger partial charge in [0.25, 0.3) is 0 Å². The van der Waals surface area contributed by atoms with Crippen LogP contribution in [0.15, 0.2) is 18.2 Å². The van der Waals surface area contributed by atoms with E-state index in [0.29, 0.717) is 0 Å². The Labute approximate surface area is 86.5 Å². The van der Waals surface area contributed by atoms with Crippen LogP contribution in [0.2, 0.25) is 0 Å². The molecule has 0 aliphatic rings. The number of methoxy groups -OCH3 is 1. The normalized spacial score (nSPS) is 8.64. The minimum Gasteiger partial charge on any atom is -0.497 e. The number of ether oxygens (including phenoxy) is 1. The van der Waals surface area contributed by atoms with Crippen molar-refractivity contribution in [2.75, 3.05) is 33.6 Å². The van der Waals surface area contributed by atoms with Gasteiger partial charge >= 0.3 is 0 Å². The van der Waals surface area contributed by atoms with Crippen LogP contribution in [-0.2, 0) is 0 Å². The van der Waals surface area contributed by atoms with Crippen molar-refractivity contribution in [1.82, 2.24) is 5.32 Å². The average Bonchev–Trinajstić information content (AvgIpc) is 2.20. The van der Waals surface area contributed by atoms with E-state index in [0.717, 1.165) is 11.4 Å². The van der Waals surface area contributed by atoms with Crippen molar-refractivity contribution in [2.24, 2.45) is 0 Å². The maximum Gasteiger partial charge on any atom is 0.120 e. The van der Waals surface area contributed by atoms with Gasteiger partial charge in [0.15, 0.2) is 0 Å². The zero-order valence-corrected chi connectivity index (χ0v) is 9.64. The third kappa shape index (κ3) is 4.14. The second kappa shape index (κ2) is 7.21. The highest BCUT2D eigenvalue weighted by Gasteiger charge is 1.96. The molecule has 2 N–H and O–H groups in total. The van der Waals surface area contributed by atoms with Gasteiger partial charge in [0.1, 0.15) is 5.75 Å². The lowest BCUT2D eigenvalue weighted by Crippen LogP contribution is -1.92. The molecule has 0 saturated carbocycles. The van der Waals surface area contributed by atoms with Crippen molar-refractivity contribution in [3.63, 3.8) is 0 Å². The number of anilines is 1. The van der Waals surface area contributed by atoms with E-state index in [1.807, 2.05) is 39.3 Å². The molecule has 0 unspecified atom stereocenters. The van der Waals surface area contributed by atoms with Crippen LogP contribution in [-0.4, -0.2) is 28.3 Å². The Morgan fingerprint density at radius 1 is 1.14 bits per heavy atom.